The molecule has 5 nitrogen and oxygen atoms in total. The summed E-state index contributed by atoms with van der Waals surface area (Å²) in [4.78, 5) is 11.8. The number of nitrogens with zero attached hydrogens (tertiary/aromatic N) is 3. The summed E-state index contributed by atoms with van der Waals surface area (Å²) in [5.41, 5.74) is 1.44. The van der Waals surface area contributed by atoms with Crippen LogP contribution in [-0.2, 0) is 0 Å². The van der Waals surface area contributed by atoms with Crippen LogP contribution >= 0.6 is 0 Å². The van der Waals surface area contributed by atoms with Crippen LogP contribution in [0, 0.1) is 0 Å². The third-order valence-corrected chi connectivity index (χ3v) is 4.51. The van der Waals surface area contributed by atoms with Gasteiger partial charge in [0.25, 0.3) is 0 Å². The van der Waals surface area contributed by atoms with E-state index in [1.807, 2.05) is 30.3 Å². The number of aromatic hydroxyl groups is 1. The highest BCUT2D eigenvalue weighted by atomic mass is 16.5. The molecular formula is C21H25N3O2. The maximum atomic E-state index is 10.5. The first-order chi connectivity index (χ1) is 12.7. The molecule has 1 heterocycles. The first-order valence-corrected chi connectivity index (χ1v) is 9.07. The molecular weight excluding hydrogens is 326 g/mol. The number of hydrogen-bond acceptors (Lipinski definition) is 5. The summed E-state index contributed by atoms with van der Waals surface area (Å²) in [7, 11) is 1.54. The molecule has 0 amide bonds. The lowest BCUT2D eigenvalue weighted by atomic mass is 10.1. The number of methoxy groups -OCH3 is 1. The molecule has 26 heavy (non-hydrogen) atoms. The van der Waals surface area contributed by atoms with E-state index in [0.29, 0.717) is 17.1 Å². The van der Waals surface area contributed by atoms with Gasteiger partial charge in [-0.1, -0.05) is 31.5 Å². The molecule has 3 rings (SSSR count). The Bertz CT molecular complexity index is 896. The summed E-state index contributed by atoms with van der Waals surface area (Å²) in [6.45, 7) is 6.13. The van der Waals surface area contributed by atoms with Crippen molar-refractivity contribution in [2.24, 2.45) is 0 Å². The molecule has 0 saturated heterocycles. The van der Waals surface area contributed by atoms with Crippen molar-refractivity contribution in [2.75, 3.05) is 25.1 Å². The minimum absolute atomic E-state index is 0.0628. The van der Waals surface area contributed by atoms with Crippen LogP contribution in [0.25, 0.3) is 22.3 Å². The van der Waals surface area contributed by atoms with Crippen molar-refractivity contribution in [3.8, 4) is 22.9 Å². The van der Waals surface area contributed by atoms with Crippen molar-refractivity contribution < 1.29 is 9.84 Å². The normalized spacial score (nSPS) is 10.9. The van der Waals surface area contributed by atoms with Gasteiger partial charge in [-0.05, 0) is 37.6 Å². The summed E-state index contributed by atoms with van der Waals surface area (Å²) >= 11 is 0. The monoisotopic (exact) mass is 351 g/mol. The Balaban J connectivity index is 2.19. The van der Waals surface area contributed by atoms with Crippen LogP contribution in [0.1, 0.15) is 26.7 Å². The quantitative estimate of drug-likeness (QED) is 0.672. The molecule has 3 aromatic rings. The summed E-state index contributed by atoms with van der Waals surface area (Å²) in [5, 5.41) is 11.5. The Morgan fingerprint density at radius 1 is 1.04 bits per heavy atom. The molecule has 136 valence electrons. The first-order valence-electron chi connectivity index (χ1n) is 9.07. The topological polar surface area (TPSA) is 58.5 Å². The third-order valence-electron chi connectivity index (χ3n) is 4.51. The smallest absolute Gasteiger partial charge is 0.168 e. The number of unbranched alkanes of at least 4 members (excludes halogenated alkanes) is 1. The number of aromatic nitrogens is 2. The van der Waals surface area contributed by atoms with Gasteiger partial charge in [0.15, 0.2) is 17.3 Å². The Hall–Kier alpha value is -2.82. The van der Waals surface area contributed by atoms with E-state index in [9.17, 15) is 5.11 Å². The summed E-state index contributed by atoms with van der Waals surface area (Å²) < 4.78 is 5.23. The van der Waals surface area contributed by atoms with Crippen molar-refractivity contribution in [1.29, 1.82) is 0 Å². The van der Waals surface area contributed by atoms with Gasteiger partial charge in [-0.2, -0.15) is 0 Å². The molecule has 0 saturated carbocycles. The highest BCUT2D eigenvalue weighted by molar-refractivity contribution is 5.91. The van der Waals surface area contributed by atoms with Crippen LogP contribution in [0.15, 0.2) is 42.5 Å². The van der Waals surface area contributed by atoms with Crippen molar-refractivity contribution >= 4 is 16.7 Å². The van der Waals surface area contributed by atoms with Crippen molar-refractivity contribution in [3.63, 3.8) is 0 Å². The predicted molar refractivity (Wildman–Crippen MR) is 106 cm³/mol. The molecule has 0 aliphatic heterocycles. The second-order valence-electron chi connectivity index (χ2n) is 6.18. The van der Waals surface area contributed by atoms with Gasteiger partial charge in [-0.3, -0.25) is 0 Å². The zero-order valence-corrected chi connectivity index (χ0v) is 15.6. The molecule has 0 radical (unpaired) electrons. The first kappa shape index (κ1) is 18.0. The van der Waals surface area contributed by atoms with E-state index in [2.05, 4.69) is 29.8 Å². The lowest BCUT2D eigenvalue weighted by Gasteiger charge is -2.24. The molecule has 0 bridgehead atoms. The molecule has 0 spiro atoms. The molecule has 5 heteroatoms. The van der Waals surface area contributed by atoms with Crippen LogP contribution in [-0.4, -0.2) is 35.3 Å². The highest BCUT2D eigenvalue weighted by Crippen LogP contribution is 2.37. The molecule has 1 aromatic heterocycles. The fourth-order valence-electron chi connectivity index (χ4n) is 3.05. The van der Waals surface area contributed by atoms with Crippen LogP contribution in [0.2, 0.25) is 0 Å². The van der Waals surface area contributed by atoms with Gasteiger partial charge in [0, 0.05) is 18.5 Å². The number of phenols is 1. The van der Waals surface area contributed by atoms with Gasteiger partial charge in [0.05, 0.1) is 18.2 Å². The van der Waals surface area contributed by atoms with Crippen molar-refractivity contribution in [3.05, 3.63) is 42.5 Å². The second kappa shape index (κ2) is 8.04. The summed E-state index contributed by atoms with van der Waals surface area (Å²) in [6, 6.07) is 13.4. The fourth-order valence-corrected chi connectivity index (χ4v) is 3.05. The molecule has 0 aliphatic rings. The van der Waals surface area contributed by atoms with Crippen LogP contribution in [0.3, 0.4) is 0 Å². The Morgan fingerprint density at radius 3 is 2.58 bits per heavy atom. The van der Waals surface area contributed by atoms with Crippen LogP contribution in [0.5, 0.6) is 11.5 Å². The van der Waals surface area contributed by atoms with Crippen molar-refractivity contribution in [1.82, 2.24) is 9.97 Å². The SMILES string of the molecule is CCCCN(CC)c1nc(-c2cccc(OC)c2O)nc2ccccc12. The van der Waals surface area contributed by atoms with Gasteiger partial charge in [-0.15, -0.1) is 0 Å². The minimum atomic E-state index is 0.0628. The zero-order valence-electron chi connectivity index (χ0n) is 15.6. The van der Waals surface area contributed by atoms with E-state index < -0.39 is 0 Å². The number of ether oxygens (including phenoxy) is 1. The fraction of sp³-hybridized carbons (Fsp3) is 0.333. The zero-order chi connectivity index (χ0) is 18.5. The van der Waals surface area contributed by atoms with Gasteiger partial charge >= 0.3 is 0 Å². The number of rotatable bonds is 7. The van der Waals surface area contributed by atoms with E-state index in [1.54, 1.807) is 6.07 Å². The molecule has 1 N–H and O–H groups in total. The van der Waals surface area contributed by atoms with E-state index in [-0.39, 0.29) is 5.75 Å². The van der Waals surface area contributed by atoms with E-state index >= 15 is 0 Å². The number of para-hydroxylation sites is 2. The average molecular weight is 351 g/mol. The third kappa shape index (κ3) is 3.43. The minimum Gasteiger partial charge on any atom is -0.504 e. The van der Waals surface area contributed by atoms with Gasteiger partial charge < -0.3 is 14.7 Å². The lowest BCUT2D eigenvalue weighted by molar-refractivity contribution is 0.374. The molecule has 0 atom stereocenters. The van der Waals surface area contributed by atoms with Gasteiger partial charge in [0.2, 0.25) is 0 Å². The van der Waals surface area contributed by atoms with Gasteiger partial charge in [0.1, 0.15) is 5.82 Å². The van der Waals surface area contributed by atoms with E-state index in [1.165, 1.54) is 7.11 Å². The molecule has 0 fully saturated rings. The summed E-state index contributed by atoms with van der Waals surface area (Å²) in [5.74, 6) is 1.89. The molecule has 2 aromatic carbocycles. The average Bonchev–Trinajstić information content (AvgIpc) is 2.68. The maximum absolute atomic E-state index is 10.5. The van der Waals surface area contributed by atoms with Crippen LogP contribution in [0.4, 0.5) is 5.82 Å². The Labute approximate surface area is 154 Å². The number of hydrogen-bond donors (Lipinski definition) is 1. The van der Waals surface area contributed by atoms with Crippen molar-refractivity contribution in [2.45, 2.75) is 26.7 Å². The standard InChI is InChI=1S/C21H25N3O2/c1-4-6-14-24(5-2)21-15-10-7-8-12-17(15)22-20(23-21)16-11-9-13-18(26-3)19(16)25/h7-13,25H,4-6,14H2,1-3H3. The lowest BCUT2D eigenvalue weighted by Crippen LogP contribution is -2.25. The highest BCUT2D eigenvalue weighted by Gasteiger charge is 2.17. The molecule has 0 aliphatic carbocycles. The largest absolute Gasteiger partial charge is 0.504 e. The second-order valence-corrected chi connectivity index (χ2v) is 6.18. The Morgan fingerprint density at radius 2 is 1.85 bits per heavy atom. The summed E-state index contributed by atoms with van der Waals surface area (Å²) in [6.07, 6.45) is 2.23. The Kier molecular flexibility index (Phi) is 5.56. The maximum Gasteiger partial charge on any atom is 0.168 e. The number of benzene rings is 2. The number of fused-ring (bicyclic) bond motifs is 1. The van der Waals surface area contributed by atoms with E-state index in [4.69, 9.17) is 9.72 Å². The van der Waals surface area contributed by atoms with Gasteiger partial charge in [-0.25, -0.2) is 9.97 Å². The number of phenolic OH excluding ortho intramolecular Hbond substituents is 1. The number of anilines is 1. The predicted octanol–water partition coefficient (Wildman–Crippen LogP) is 4.64. The van der Waals surface area contributed by atoms with E-state index in [0.717, 1.165) is 42.7 Å². The van der Waals surface area contributed by atoms with Crippen LogP contribution < -0.4 is 9.64 Å². The molecule has 0 unspecified atom stereocenters.